The van der Waals surface area contributed by atoms with Crippen molar-refractivity contribution < 1.29 is 30.7 Å². The fourth-order valence-electron chi connectivity index (χ4n) is 4.48. The molecule has 0 fully saturated rings. The van der Waals surface area contributed by atoms with Crippen molar-refractivity contribution in [3.05, 3.63) is 111 Å². The van der Waals surface area contributed by atoms with Gasteiger partial charge < -0.3 is 4.90 Å². The minimum atomic E-state index is -4.97. The Labute approximate surface area is 216 Å². The highest BCUT2D eigenvalue weighted by Crippen LogP contribution is 2.40. The zero-order valence-electron chi connectivity index (χ0n) is 19.4. The van der Waals surface area contributed by atoms with E-state index < -0.39 is 35.3 Å². The number of amidine groups is 1. The van der Waals surface area contributed by atoms with Crippen LogP contribution in [0.5, 0.6) is 0 Å². The predicted molar refractivity (Wildman–Crippen MR) is 130 cm³/mol. The van der Waals surface area contributed by atoms with Gasteiger partial charge in [0.25, 0.3) is 0 Å². The molecule has 196 valence electrons. The molecule has 3 heterocycles. The topological polar surface area (TPSA) is 28.5 Å². The Bertz CT molecular complexity index is 1440. The lowest BCUT2D eigenvalue weighted by molar-refractivity contribution is -0.143. The summed E-state index contributed by atoms with van der Waals surface area (Å²) in [5, 5.41) is 3.59. The van der Waals surface area contributed by atoms with Crippen molar-refractivity contribution in [3.63, 3.8) is 0 Å². The molecule has 1 unspecified atom stereocenters. The number of nitrogens with zero attached hydrogens (tertiary/aromatic N) is 3. The van der Waals surface area contributed by atoms with Crippen LogP contribution in [0, 0.1) is 5.82 Å². The van der Waals surface area contributed by atoms with E-state index in [1.54, 1.807) is 46.0 Å². The van der Waals surface area contributed by atoms with Crippen molar-refractivity contribution in [2.24, 2.45) is 4.99 Å². The van der Waals surface area contributed by atoms with Gasteiger partial charge in [-0.1, -0.05) is 18.2 Å². The fourth-order valence-corrected chi connectivity index (χ4v) is 5.11. The van der Waals surface area contributed by atoms with Crippen LogP contribution in [0.2, 0.25) is 0 Å². The van der Waals surface area contributed by atoms with E-state index >= 15 is 0 Å². The molecule has 0 N–H and O–H groups in total. The molecule has 0 saturated heterocycles. The van der Waals surface area contributed by atoms with Crippen LogP contribution in [-0.4, -0.2) is 22.3 Å². The van der Waals surface area contributed by atoms with E-state index in [4.69, 9.17) is 0 Å². The Morgan fingerprint density at radius 2 is 1.61 bits per heavy atom. The van der Waals surface area contributed by atoms with E-state index in [9.17, 15) is 30.7 Å². The first-order valence-electron chi connectivity index (χ1n) is 11.3. The molecular weight excluding hydrogens is 531 g/mol. The van der Waals surface area contributed by atoms with Gasteiger partial charge in [-0.05, 0) is 58.5 Å². The lowest BCUT2D eigenvalue weighted by Gasteiger charge is -2.30. The van der Waals surface area contributed by atoms with Crippen LogP contribution in [0.3, 0.4) is 0 Å². The van der Waals surface area contributed by atoms with Crippen LogP contribution in [0.25, 0.3) is 11.1 Å². The van der Waals surface area contributed by atoms with Gasteiger partial charge in [0.05, 0.1) is 23.7 Å². The quantitative estimate of drug-likeness (QED) is 0.236. The monoisotopic (exact) mass is 549 g/mol. The van der Waals surface area contributed by atoms with Gasteiger partial charge in [0.2, 0.25) is 0 Å². The Morgan fingerprint density at radius 1 is 0.895 bits per heavy atom. The van der Waals surface area contributed by atoms with Gasteiger partial charge in [-0.3, -0.25) is 9.98 Å². The second-order valence-corrected chi connectivity index (χ2v) is 9.45. The molecule has 5 rings (SSSR count). The Kier molecular flexibility index (Phi) is 6.72. The molecule has 2 aromatic heterocycles. The first-order valence-corrected chi connectivity index (χ1v) is 12.3. The van der Waals surface area contributed by atoms with Gasteiger partial charge in [-0.2, -0.15) is 37.7 Å². The highest BCUT2D eigenvalue weighted by atomic mass is 32.1. The molecule has 3 nitrogen and oxygen atoms in total. The normalized spacial score (nSPS) is 16.1. The maximum Gasteiger partial charge on any atom is 0.416 e. The zero-order chi connectivity index (χ0) is 27.1. The van der Waals surface area contributed by atoms with E-state index in [1.807, 2.05) is 0 Å². The summed E-state index contributed by atoms with van der Waals surface area (Å²) in [6, 6.07) is 10.1. The number of alkyl halides is 6. The number of rotatable bonds is 5. The zero-order valence-corrected chi connectivity index (χ0v) is 20.2. The molecule has 1 aliphatic rings. The Morgan fingerprint density at radius 3 is 2.24 bits per heavy atom. The summed E-state index contributed by atoms with van der Waals surface area (Å²) >= 11 is 1.38. The molecule has 0 bridgehead atoms. The standard InChI is InChI=1S/C27H18F7N3S/c28-23-4-2-1-3-22(23)21-5-7-35-12-18(21)14-37-24(13-36-25(37)16-6-8-38-15-16)17-9-19(26(29,30)31)11-20(10-17)27(32,33)34/h1-12,15,24H,13-14H2. The van der Waals surface area contributed by atoms with Crippen LogP contribution < -0.4 is 0 Å². The maximum atomic E-state index is 14.7. The minimum Gasteiger partial charge on any atom is -0.343 e. The van der Waals surface area contributed by atoms with Gasteiger partial charge in [0, 0.05) is 35.4 Å². The van der Waals surface area contributed by atoms with E-state index in [1.165, 1.54) is 29.8 Å². The summed E-state index contributed by atoms with van der Waals surface area (Å²) in [5.74, 6) is -0.0529. The Hall–Kier alpha value is -3.73. The number of hydrogen-bond acceptors (Lipinski definition) is 4. The van der Waals surface area contributed by atoms with Crippen LogP contribution >= 0.6 is 11.3 Å². The molecule has 0 spiro atoms. The average molecular weight is 550 g/mol. The number of aliphatic imine (C=N–C) groups is 1. The molecule has 0 radical (unpaired) electrons. The van der Waals surface area contributed by atoms with Crippen molar-refractivity contribution in [3.8, 4) is 11.1 Å². The minimum absolute atomic E-state index is 0.0223. The molecule has 1 aliphatic heterocycles. The molecule has 11 heteroatoms. The molecule has 0 aliphatic carbocycles. The van der Waals surface area contributed by atoms with Gasteiger partial charge in [-0.15, -0.1) is 0 Å². The van der Waals surface area contributed by atoms with E-state index in [0.29, 0.717) is 28.1 Å². The van der Waals surface area contributed by atoms with Crippen LogP contribution in [0.1, 0.15) is 33.9 Å². The van der Waals surface area contributed by atoms with Gasteiger partial charge in [0.1, 0.15) is 11.7 Å². The molecule has 0 amide bonds. The molecule has 4 aromatic rings. The molecule has 1 atom stereocenters. The third-order valence-corrected chi connectivity index (χ3v) is 6.93. The summed E-state index contributed by atoms with van der Waals surface area (Å²) in [7, 11) is 0. The fraction of sp³-hybridized carbons (Fsp3) is 0.185. The van der Waals surface area contributed by atoms with Crippen LogP contribution in [0.15, 0.2) is 82.7 Å². The van der Waals surface area contributed by atoms with Crippen molar-refractivity contribution in [1.82, 2.24) is 9.88 Å². The maximum absolute atomic E-state index is 14.7. The largest absolute Gasteiger partial charge is 0.416 e. The lowest BCUT2D eigenvalue weighted by atomic mass is 9.97. The number of aromatic nitrogens is 1. The van der Waals surface area contributed by atoms with Crippen molar-refractivity contribution >= 4 is 17.2 Å². The number of halogens is 7. The first kappa shape index (κ1) is 25.9. The summed E-state index contributed by atoms with van der Waals surface area (Å²) in [5.41, 5.74) is -0.925. The summed E-state index contributed by atoms with van der Waals surface area (Å²) < 4.78 is 96.2. The number of benzene rings is 2. The van der Waals surface area contributed by atoms with Crippen molar-refractivity contribution in [1.29, 1.82) is 0 Å². The molecule has 2 aromatic carbocycles. The average Bonchev–Trinajstić information content (AvgIpc) is 3.54. The number of pyridine rings is 1. The highest BCUT2D eigenvalue weighted by molar-refractivity contribution is 7.08. The molecule has 0 saturated carbocycles. The van der Waals surface area contributed by atoms with Gasteiger partial charge in [0.15, 0.2) is 0 Å². The smallest absolute Gasteiger partial charge is 0.343 e. The van der Waals surface area contributed by atoms with Gasteiger partial charge >= 0.3 is 12.4 Å². The highest BCUT2D eigenvalue weighted by Gasteiger charge is 2.39. The summed E-state index contributed by atoms with van der Waals surface area (Å²) in [6.07, 6.45) is -6.95. The van der Waals surface area contributed by atoms with E-state index in [0.717, 1.165) is 12.1 Å². The molecular formula is C27H18F7N3S. The third-order valence-electron chi connectivity index (χ3n) is 6.24. The van der Waals surface area contributed by atoms with Gasteiger partial charge in [-0.25, -0.2) is 4.39 Å². The number of thiophene rings is 1. The first-order chi connectivity index (χ1) is 18.0. The second-order valence-electron chi connectivity index (χ2n) is 8.67. The summed E-state index contributed by atoms with van der Waals surface area (Å²) in [4.78, 5) is 10.3. The third kappa shape index (κ3) is 5.15. The number of hydrogen-bond donors (Lipinski definition) is 0. The van der Waals surface area contributed by atoms with Crippen molar-refractivity contribution in [2.75, 3.05) is 6.54 Å². The predicted octanol–water partition coefficient (Wildman–Crippen LogP) is 7.99. The van der Waals surface area contributed by atoms with Crippen molar-refractivity contribution in [2.45, 2.75) is 24.9 Å². The SMILES string of the molecule is Fc1ccccc1-c1ccncc1CN1C(c2ccsc2)=NCC1c1cc(C(F)(F)F)cc(C(F)(F)F)c1. The molecule has 38 heavy (non-hydrogen) atoms. The van der Waals surface area contributed by atoms with E-state index in [-0.39, 0.29) is 24.7 Å². The second kappa shape index (κ2) is 9.86. The Balaban J connectivity index is 1.62. The lowest BCUT2D eigenvalue weighted by Crippen LogP contribution is -2.31. The van der Waals surface area contributed by atoms with Crippen LogP contribution in [-0.2, 0) is 18.9 Å². The van der Waals surface area contributed by atoms with E-state index in [2.05, 4.69) is 9.98 Å². The summed E-state index contributed by atoms with van der Waals surface area (Å²) in [6.45, 7) is -0.0342. The van der Waals surface area contributed by atoms with Crippen LogP contribution in [0.4, 0.5) is 30.7 Å².